The standard InChI is InChI=1S/C12H16BrNO3/c1-3-17-12(16)14-8(2)11(15)9-5-4-6-10(13)7-9/h4-8,11,15H,3H2,1-2H3,(H,14,16)/t8-,11?/m0/s1. The Kier molecular flexibility index (Phi) is 5.44. The predicted octanol–water partition coefficient (Wildman–Crippen LogP) is 2.62. The molecule has 1 amide bonds. The number of aliphatic hydroxyl groups excluding tert-OH is 1. The zero-order valence-electron chi connectivity index (χ0n) is 9.81. The number of benzene rings is 1. The van der Waals surface area contributed by atoms with Gasteiger partial charge in [0.15, 0.2) is 0 Å². The van der Waals surface area contributed by atoms with Gasteiger partial charge in [0, 0.05) is 4.47 Å². The molecule has 0 saturated heterocycles. The van der Waals surface area contributed by atoms with E-state index in [-0.39, 0.29) is 0 Å². The van der Waals surface area contributed by atoms with E-state index in [1.54, 1.807) is 19.9 Å². The molecule has 4 nitrogen and oxygen atoms in total. The van der Waals surface area contributed by atoms with Crippen molar-refractivity contribution in [2.75, 3.05) is 6.61 Å². The van der Waals surface area contributed by atoms with Crippen LogP contribution >= 0.6 is 15.9 Å². The number of carbonyl (C=O) groups excluding carboxylic acids is 1. The Morgan fingerprint density at radius 1 is 1.59 bits per heavy atom. The molecular weight excluding hydrogens is 286 g/mol. The molecule has 0 saturated carbocycles. The van der Waals surface area contributed by atoms with Gasteiger partial charge in [-0.15, -0.1) is 0 Å². The summed E-state index contributed by atoms with van der Waals surface area (Å²) in [5, 5.41) is 12.6. The van der Waals surface area contributed by atoms with Gasteiger partial charge in [-0.3, -0.25) is 0 Å². The van der Waals surface area contributed by atoms with Crippen molar-refractivity contribution in [1.82, 2.24) is 5.32 Å². The van der Waals surface area contributed by atoms with Crippen LogP contribution in [-0.2, 0) is 4.74 Å². The number of ether oxygens (including phenoxy) is 1. The molecular formula is C12H16BrNO3. The van der Waals surface area contributed by atoms with Crippen molar-refractivity contribution < 1.29 is 14.6 Å². The average Bonchev–Trinajstić information content (AvgIpc) is 2.28. The van der Waals surface area contributed by atoms with E-state index >= 15 is 0 Å². The summed E-state index contributed by atoms with van der Waals surface area (Å²) >= 11 is 3.33. The highest BCUT2D eigenvalue weighted by Gasteiger charge is 2.18. The van der Waals surface area contributed by atoms with Gasteiger partial charge < -0.3 is 15.2 Å². The predicted molar refractivity (Wildman–Crippen MR) is 68.7 cm³/mol. The molecule has 5 heteroatoms. The molecule has 1 rings (SSSR count). The van der Waals surface area contributed by atoms with E-state index < -0.39 is 18.2 Å². The molecule has 2 atom stereocenters. The zero-order chi connectivity index (χ0) is 12.8. The number of halogens is 1. The third-order valence-electron chi connectivity index (χ3n) is 2.28. The molecule has 2 N–H and O–H groups in total. The van der Waals surface area contributed by atoms with Gasteiger partial charge >= 0.3 is 6.09 Å². The van der Waals surface area contributed by atoms with Crippen molar-refractivity contribution in [1.29, 1.82) is 0 Å². The molecule has 0 radical (unpaired) electrons. The highest BCUT2D eigenvalue weighted by Crippen LogP contribution is 2.20. The van der Waals surface area contributed by atoms with Gasteiger partial charge in [0.25, 0.3) is 0 Å². The summed E-state index contributed by atoms with van der Waals surface area (Å²) in [5.74, 6) is 0. The normalized spacial score (nSPS) is 13.9. The van der Waals surface area contributed by atoms with Gasteiger partial charge in [0.2, 0.25) is 0 Å². The molecule has 0 heterocycles. The van der Waals surface area contributed by atoms with Gasteiger partial charge in [-0.25, -0.2) is 4.79 Å². The highest BCUT2D eigenvalue weighted by atomic mass is 79.9. The van der Waals surface area contributed by atoms with E-state index in [9.17, 15) is 9.90 Å². The van der Waals surface area contributed by atoms with E-state index in [4.69, 9.17) is 4.74 Å². The smallest absolute Gasteiger partial charge is 0.407 e. The molecule has 1 aromatic carbocycles. The maximum absolute atomic E-state index is 11.2. The fourth-order valence-corrected chi connectivity index (χ4v) is 1.83. The van der Waals surface area contributed by atoms with Crippen molar-refractivity contribution >= 4 is 22.0 Å². The maximum atomic E-state index is 11.2. The van der Waals surface area contributed by atoms with Crippen molar-refractivity contribution in [3.05, 3.63) is 34.3 Å². The second-order valence-electron chi connectivity index (χ2n) is 3.65. The van der Waals surface area contributed by atoms with Crippen LogP contribution in [0.3, 0.4) is 0 Å². The summed E-state index contributed by atoms with van der Waals surface area (Å²) in [5.41, 5.74) is 0.740. The van der Waals surface area contributed by atoms with E-state index in [2.05, 4.69) is 21.2 Å². The largest absolute Gasteiger partial charge is 0.450 e. The number of carbonyl (C=O) groups is 1. The van der Waals surface area contributed by atoms with E-state index in [1.165, 1.54) is 0 Å². The Balaban J connectivity index is 2.63. The van der Waals surface area contributed by atoms with Crippen LogP contribution in [0.1, 0.15) is 25.5 Å². The molecule has 0 aliphatic carbocycles. The molecule has 0 spiro atoms. The number of amides is 1. The first kappa shape index (κ1) is 14.0. The summed E-state index contributed by atoms with van der Waals surface area (Å²) in [6.45, 7) is 3.77. The fraction of sp³-hybridized carbons (Fsp3) is 0.417. The van der Waals surface area contributed by atoms with Crippen molar-refractivity contribution in [3.8, 4) is 0 Å². The lowest BCUT2D eigenvalue weighted by molar-refractivity contribution is 0.113. The average molecular weight is 302 g/mol. The molecule has 0 bridgehead atoms. The third-order valence-corrected chi connectivity index (χ3v) is 2.78. The Bertz CT molecular complexity index is 384. The Hall–Kier alpha value is -1.07. The van der Waals surface area contributed by atoms with Crippen molar-refractivity contribution in [3.63, 3.8) is 0 Å². The zero-order valence-corrected chi connectivity index (χ0v) is 11.4. The topological polar surface area (TPSA) is 58.6 Å². The molecule has 17 heavy (non-hydrogen) atoms. The second kappa shape index (κ2) is 6.61. The molecule has 0 fully saturated rings. The van der Waals surface area contributed by atoms with Crippen LogP contribution < -0.4 is 5.32 Å². The Morgan fingerprint density at radius 3 is 2.88 bits per heavy atom. The minimum Gasteiger partial charge on any atom is -0.450 e. The summed E-state index contributed by atoms with van der Waals surface area (Å²) < 4.78 is 5.64. The molecule has 1 unspecified atom stereocenters. The van der Waals surface area contributed by atoms with Crippen LogP contribution in [0.25, 0.3) is 0 Å². The lowest BCUT2D eigenvalue weighted by Crippen LogP contribution is -2.37. The van der Waals surface area contributed by atoms with Gasteiger partial charge in [0.1, 0.15) is 0 Å². The van der Waals surface area contributed by atoms with Gasteiger partial charge in [-0.05, 0) is 31.5 Å². The molecule has 0 aliphatic rings. The summed E-state index contributed by atoms with van der Waals surface area (Å²) in [6.07, 6.45) is -1.29. The van der Waals surface area contributed by atoms with E-state index in [0.29, 0.717) is 6.61 Å². The minimum absolute atomic E-state index is 0.311. The quantitative estimate of drug-likeness (QED) is 0.899. The number of aliphatic hydroxyl groups is 1. The molecule has 94 valence electrons. The monoisotopic (exact) mass is 301 g/mol. The second-order valence-corrected chi connectivity index (χ2v) is 4.57. The molecule has 0 aliphatic heterocycles. The minimum atomic E-state index is -0.767. The first-order valence-electron chi connectivity index (χ1n) is 5.41. The van der Waals surface area contributed by atoms with Crippen LogP contribution in [0.2, 0.25) is 0 Å². The lowest BCUT2D eigenvalue weighted by atomic mass is 10.0. The lowest BCUT2D eigenvalue weighted by Gasteiger charge is -2.20. The Labute approximate surface area is 109 Å². The summed E-state index contributed by atoms with van der Waals surface area (Å²) in [4.78, 5) is 11.2. The third kappa shape index (κ3) is 4.36. The SMILES string of the molecule is CCOC(=O)N[C@@H](C)C(O)c1cccc(Br)c1. The summed E-state index contributed by atoms with van der Waals surface area (Å²) in [6, 6.07) is 6.91. The van der Waals surface area contributed by atoms with Gasteiger partial charge in [-0.2, -0.15) is 0 Å². The number of hydrogen-bond donors (Lipinski definition) is 2. The van der Waals surface area contributed by atoms with Gasteiger partial charge in [0.05, 0.1) is 18.8 Å². The van der Waals surface area contributed by atoms with Crippen LogP contribution in [0, 0.1) is 0 Å². The number of nitrogens with one attached hydrogen (secondary N) is 1. The number of rotatable bonds is 4. The number of alkyl carbamates (subject to hydrolysis) is 1. The first-order valence-corrected chi connectivity index (χ1v) is 6.20. The van der Waals surface area contributed by atoms with E-state index in [1.807, 2.05) is 18.2 Å². The van der Waals surface area contributed by atoms with Crippen molar-refractivity contribution in [2.45, 2.75) is 26.0 Å². The maximum Gasteiger partial charge on any atom is 0.407 e. The summed E-state index contributed by atoms with van der Waals surface area (Å²) in [7, 11) is 0. The van der Waals surface area contributed by atoms with Crippen LogP contribution in [0.5, 0.6) is 0 Å². The fourth-order valence-electron chi connectivity index (χ4n) is 1.42. The van der Waals surface area contributed by atoms with Crippen LogP contribution in [-0.4, -0.2) is 23.8 Å². The Morgan fingerprint density at radius 2 is 2.29 bits per heavy atom. The number of hydrogen-bond acceptors (Lipinski definition) is 3. The van der Waals surface area contributed by atoms with Crippen LogP contribution in [0.15, 0.2) is 28.7 Å². The highest BCUT2D eigenvalue weighted by molar-refractivity contribution is 9.10. The van der Waals surface area contributed by atoms with Crippen LogP contribution in [0.4, 0.5) is 4.79 Å². The van der Waals surface area contributed by atoms with Crippen molar-refractivity contribution in [2.24, 2.45) is 0 Å². The molecule has 1 aromatic rings. The first-order chi connectivity index (χ1) is 8.04. The van der Waals surface area contributed by atoms with E-state index in [0.717, 1.165) is 10.0 Å². The molecule has 0 aromatic heterocycles. The van der Waals surface area contributed by atoms with Gasteiger partial charge in [-0.1, -0.05) is 28.1 Å².